The number of nitrogens with one attached hydrogen (secondary N) is 1. The first-order valence-electron chi connectivity index (χ1n) is 5.91. The van der Waals surface area contributed by atoms with Crippen LogP contribution in [0.2, 0.25) is 0 Å². The fourth-order valence-electron chi connectivity index (χ4n) is 2.05. The molecule has 4 nitrogen and oxygen atoms in total. The van der Waals surface area contributed by atoms with Gasteiger partial charge in [0.05, 0.1) is 15.0 Å². The molecule has 0 spiro atoms. The van der Waals surface area contributed by atoms with Gasteiger partial charge in [-0.1, -0.05) is 0 Å². The Labute approximate surface area is 127 Å². The highest BCUT2D eigenvalue weighted by Crippen LogP contribution is 2.30. The largest absolute Gasteiger partial charge is 0.327 e. The van der Waals surface area contributed by atoms with E-state index in [0.717, 1.165) is 28.7 Å². The number of thiophene rings is 1. The third-order valence-corrected chi connectivity index (χ3v) is 5.57. The van der Waals surface area contributed by atoms with E-state index in [1.54, 1.807) is 0 Å². The van der Waals surface area contributed by atoms with Crippen LogP contribution in [0.15, 0.2) is 15.2 Å². The molecular weight excluding hydrogens is 346 g/mol. The van der Waals surface area contributed by atoms with Crippen molar-refractivity contribution in [1.82, 2.24) is 4.98 Å². The molecule has 0 unspecified atom stereocenters. The summed E-state index contributed by atoms with van der Waals surface area (Å²) in [5.74, 6) is -0.114. The number of rotatable bonds is 2. The summed E-state index contributed by atoms with van der Waals surface area (Å²) in [4.78, 5) is 17.7. The number of carbonyl (C=O) groups is 1. The molecule has 0 fully saturated rings. The Hall–Kier alpha value is -0.760. The van der Waals surface area contributed by atoms with Crippen molar-refractivity contribution in [2.24, 2.45) is 5.73 Å². The zero-order chi connectivity index (χ0) is 13.4. The third kappa shape index (κ3) is 2.89. The minimum Gasteiger partial charge on any atom is -0.327 e. The summed E-state index contributed by atoms with van der Waals surface area (Å²) in [5, 5.41) is 5.35. The normalized spacial score (nSPS) is 18.1. The summed E-state index contributed by atoms with van der Waals surface area (Å²) < 4.78 is 0.946. The van der Waals surface area contributed by atoms with Gasteiger partial charge in [-0.25, -0.2) is 4.98 Å². The van der Waals surface area contributed by atoms with E-state index in [4.69, 9.17) is 5.73 Å². The summed E-state index contributed by atoms with van der Waals surface area (Å²) in [5.41, 5.74) is 7.69. The van der Waals surface area contributed by atoms with E-state index in [0.29, 0.717) is 10.7 Å². The molecule has 2 aromatic rings. The monoisotopic (exact) mass is 357 g/mol. The maximum Gasteiger partial charge on any atom is 0.258 e. The number of carbonyl (C=O) groups excluding carboxylic acids is 1. The third-order valence-electron chi connectivity index (χ3n) is 3.03. The van der Waals surface area contributed by atoms with Gasteiger partial charge < -0.3 is 5.73 Å². The van der Waals surface area contributed by atoms with E-state index >= 15 is 0 Å². The van der Waals surface area contributed by atoms with Gasteiger partial charge in [0.1, 0.15) is 0 Å². The number of aryl methyl sites for hydroxylation is 1. The van der Waals surface area contributed by atoms with Crippen LogP contribution < -0.4 is 11.1 Å². The SMILES string of the molecule is N[C@H]1CCc2nc(NC(=O)c3csc(Br)c3)sc2C1. The molecule has 1 aliphatic rings. The molecule has 3 rings (SSSR count). The van der Waals surface area contributed by atoms with E-state index in [-0.39, 0.29) is 11.9 Å². The molecule has 0 bridgehead atoms. The highest BCUT2D eigenvalue weighted by Gasteiger charge is 2.21. The van der Waals surface area contributed by atoms with Crippen LogP contribution in [0.3, 0.4) is 0 Å². The van der Waals surface area contributed by atoms with Gasteiger partial charge in [-0.2, -0.15) is 0 Å². The van der Waals surface area contributed by atoms with Crippen LogP contribution >= 0.6 is 38.6 Å². The zero-order valence-electron chi connectivity index (χ0n) is 9.98. The number of thiazole rings is 1. The molecule has 100 valence electrons. The number of amides is 1. The highest BCUT2D eigenvalue weighted by atomic mass is 79.9. The number of hydrogen-bond donors (Lipinski definition) is 2. The van der Waals surface area contributed by atoms with Gasteiger partial charge in [0.25, 0.3) is 5.91 Å². The number of hydrogen-bond acceptors (Lipinski definition) is 5. The van der Waals surface area contributed by atoms with Crippen molar-refractivity contribution >= 4 is 49.6 Å². The maximum absolute atomic E-state index is 12.0. The average Bonchev–Trinajstić information content (AvgIpc) is 2.94. The second kappa shape index (κ2) is 5.32. The maximum atomic E-state index is 12.0. The van der Waals surface area contributed by atoms with Gasteiger partial charge >= 0.3 is 0 Å². The number of nitrogens with two attached hydrogens (primary N) is 1. The van der Waals surface area contributed by atoms with Crippen LogP contribution in [-0.4, -0.2) is 16.9 Å². The lowest BCUT2D eigenvalue weighted by Gasteiger charge is -2.15. The van der Waals surface area contributed by atoms with Gasteiger partial charge in [-0.15, -0.1) is 22.7 Å². The Balaban J connectivity index is 1.75. The van der Waals surface area contributed by atoms with Crippen LogP contribution in [-0.2, 0) is 12.8 Å². The van der Waals surface area contributed by atoms with Crippen molar-refractivity contribution in [3.8, 4) is 0 Å². The lowest BCUT2D eigenvalue weighted by atomic mass is 9.99. The first-order valence-corrected chi connectivity index (χ1v) is 8.40. The standard InChI is InChI=1S/C12H12BrN3OS2/c13-10-3-6(5-18-10)11(17)16-12-15-8-2-1-7(14)4-9(8)19-12/h3,5,7H,1-2,4,14H2,(H,15,16,17)/t7-/m0/s1. The highest BCUT2D eigenvalue weighted by molar-refractivity contribution is 9.11. The van der Waals surface area contributed by atoms with E-state index in [9.17, 15) is 4.79 Å². The molecular formula is C12H12BrN3OS2. The van der Waals surface area contributed by atoms with Gasteiger partial charge in [0, 0.05) is 16.3 Å². The van der Waals surface area contributed by atoms with Gasteiger partial charge in [-0.3, -0.25) is 10.1 Å². The van der Waals surface area contributed by atoms with Gasteiger partial charge in [0.2, 0.25) is 0 Å². The second-order valence-corrected chi connectivity index (χ2v) is 7.86. The van der Waals surface area contributed by atoms with Crippen LogP contribution in [0, 0.1) is 0 Å². The Morgan fingerprint density at radius 2 is 2.42 bits per heavy atom. The van der Waals surface area contributed by atoms with E-state index < -0.39 is 0 Å². The van der Waals surface area contributed by atoms with Gasteiger partial charge in [0.15, 0.2) is 5.13 Å². The molecule has 1 aliphatic carbocycles. The molecule has 3 N–H and O–H groups in total. The van der Waals surface area contributed by atoms with Crippen molar-refractivity contribution in [3.63, 3.8) is 0 Å². The molecule has 0 radical (unpaired) electrons. The quantitative estimate of drug-likeness (QED) is 0.867. The number of fused-ring (bicyclic) bond motifs is 1. The number of halogens is 1. The Morgan fingerprint density at radius 1 is 1.58 bits per heavy atom. The fourth-order valence-corrected chi connectivity index (χ4v) is 4.28. The van der Waals surface area contributed by atoms with E-state index in [1.807, 2.05) is 11.4 Å². The summed E-state index contributed by atoms with van der Waals surface area (Å²) in [6.45, 7) is 0. The predicted molar refractivity (Wildman–Crippen MR) is 82.1 cm³/mol. The van der Waals surface area contributed by atoms with Crippen LogP contribution in [0.5, 0.6) is 0 Å². The summed E-state index contributed by atoms with van der Waals surface area (Å²) in [6.07, 6.45) is 2.75. The van der Waals surface area contributed by atoms with Crippen molar-refractivity contribution in [2.45, 2.75) is 25.3 Å². The molecule has 2 heterocycles. The molecule has 19 heavy (non-hydrogen) atoms. The molecule has 0 aliphatic heterocycles. The molecule has 7 heteroatoms. The number of anilines is 1. The summed E-state index contributed by atoms with van der Waals surface area (Å²) in [6, 6.07) is 2.04. The van der Waals surface area contributed by atoms with Crippen molar-refractivity contribution in [3.05, 3.63) is 31.4 Å². The lowest BCUT2D eigenvalue weighted by molar-refractivity contribution is 0.102. The van der Waals surface area contributed by atoms with Crippen molar-refractivity contribution in [2.75, 3.05) is 5.32 Å². The fraction of sp³-hybridized carbons (Fsp3) is 0.333. The number of nitrogens with zero attached hydrogens (tertiary/aromatic N) is 1. The minimum absolute atomic E-state index is 0.114. The predicted octanol–water partition coefficient (Wildman–Crippen LogP) is 3.04. The van der Waals surface area contributed by atoms with E-state index in [1.165, 1.54) is 27.6 Å². The second-order valence-electron chi connectivity index (χ2n) is 4.49. The van der Waals surface area contributed by atoms with Gasteiger partial charge in [-0.05, 0) is 41.3 Å². The van der Waals surface area contributed by atoms with Crippen molar-refractivity contribution < 1.29 is 4.79 Å². The molecule has 0 saturated carbocycles. The lowest BCUT2D eigenvalue weighted by Crippen LogP contribution is -2.27. The molecule has 2 aromatic heterocycles. The molecule has 1 amide bonds. The smallest absolute Gasteiger partial charge is 0.258 e. The Bertz CT molecular complexity index is 622. The van der Waals surface area contributed by atoms with Crippen molar-refractivity contribution in [1.29, 1.82) is 0 Å². The Kier molecular flexibility index (Phi) is 3.70. The Morgan fingerprint density at radius 3 is 3.16 bits per heavy atom. The molecule has 0 aromatic carbocycles. The van der Waals surface area contributed by atoms with Crippen LogP contribution in [0.25, 0.3) is 0 Å². The zero-order valence-corrected chi connectivity index (χ0v) is 13.2. The first kappa shape index (κ1) is 13.2. The summed E-state index contributed by atoms with van der Waals surface area (Å²) >= 11 is 6.38. The first-order chi connectivity index (χ1) is 9.11. The molecule has 1 atom stereocenters. The summed E-state index contributed by atoms with van der Waals surface area (Å²) in [7, 11) is 0. The average molecular weight is 358 g/mol. The minimum atomic E-state index is -0.114. The van der Waals surface area contributed by atoms with Crippen LogP contribution in [0.4, 0.5) is 5.13 Å². The van der Waals surface area contributed by atoms with E-state index in [2.05, 4.69) is 26.2 Å². The topological polar surface area (TPSA) is 68.0 Å². The molecule has 0 saturated heterocycles. The number of aromatic nitrogens is 1. The van der Waals surface area contributed by atoms with Crippen LogP contribution in [0.1, 0.15) is 27.3 Å².